The number of ketones is 1. The number of aromatic amines is 1. The van der Waals surface area contributed by atoms with Crippen molar-refractivity contribution in [2.75, 3.05) is 0 Å². The number of rotatable bonds is 5. The van der Waals surface area contributed by atoms with E-state index in [0.717, 1.165) is 38.7 Å². The zero-order chi connectivity index (χ0) is 25.4. The molecule has 0 unspecified atom stereocenters. The van der Waals surface area contributed by atoms with Crippen LogP contribution in [-0.4, -0.2) is 20.7 Å². The van der Waals surface area contributed by atoms with Gasteiger partial charge in [0.1, 0.15) is 5.65 Å². The van der Waals surface area contributed by atoms with Crippen LogP contribution in [0, 0.1) is 0 Å². The minimum atomic E-state index is -0.323. The van der Waals surface area contributed by atoms with Gasteiger partial charge in [0, 0.05) is 45.6 Å². The Morgan fingerprint density at radius 2 is 1.57 bits per heavy atom. The van der Waals surface area contributed by atoms with E-state index in [4.69, 9.17) is 16.6 Å². The molecule has 6 aromatic rings. The maximum absolute atomic E-state index is 12.9. The van der Waals surface area contributed by atoms with Crippen molar-refractivity contribution in [2.45, 2.75) is 6.42 Å². The zero-order valence-corrected chi connectivity index (χ0v) is 20.4. The Morgan fingerprint density at radius 3 is 2.35 bits per heavy atom. The molecule has 3 aromatic carbocycles. The SMILES string of the molecule is O=C(Cc1cc2cc(-c3cc(Cl)c4ncccc4c3)c(-c3ccccc3)nc2[nH]c1=O)c1ccccc1. The third-order valence-electron chi connectivity index (χ3n) is 6.37. The van der Waals surface area contributed by atoms with Crippen LogP contribution in [0.2, 0.25) is 5.02 Å². The molecule has 0 radical (unpaired) electrons. The lowest BCUT2D eigenvalue weighted by molar-refractivity contribution is 0.0992. The maximum atomic E-state index is 12.9. The van der Waals surface area contributed by atoms with E-state index in [2.05, 4.69) is 9.97 Å². The van der Waals surface area contributed by atoms with Crippen molar-refractivity contribution in [1.29, 1.82) is 0 Å². The van der Waals surface area contributed by atoms with Gasteiger partial charge in [-0.3, -0.25) is 14.6 Å². The number of nitrogens with zero attached hydrogens (tertiary/aromatic N) is 2. The number of H-pyrrole nitrogens is 1. The van der Waals surface area contributed by atoms with Crippen LogP contribution in [0.5, 0.6) is 0 Å². The summed E-state index contributed by atoms with van der Waals surface area (Å²) in [7, 11) is 0. The van der Waals surface area contributed by atoms with Crippen LogP contribution in [0.15, 0.2) is 108 Å². The summed E-state index contributed by atoms with van der Waals surface area (Å²) in [5, 5.41) is 2.19. The molecule has 3 heterocycles. The van der Waals surface area contributed by atoms with Gasteiger partial charge in [-0.1, -0.05) is 78.3 Å². The Hall–Kier alpha value is -4.61. The van der Waals surface area contributed by atoms with Crippen molar-refractivity contribution in [3.8, 4) is 22.4 Å². The summed E-state index contributed by atoms with van der Waals surface area (Å²) in [5.41, 5.74) is 5.19. The van der Waals surface area contributed by atoms with Crippen molar-refractivity contribution < 1.29 is 4.79 Å². The van der Waals surface area contributed by atoms with Crippen molar-refractivity contribution in [1.82, 2.24) is 15.0 Å². The molecule has 5 nitrogen and oxygen atoms in total. The Balaban J connectivity index is 1.54. The summed E-state index contributed by atoms with van der Waals surface area (Å²) in [6.07, 6.45) is 1.72. The molecule has 0 atom stereocenters. The molecule has 3 aromatic heterocycles. The molecule has 0 bridgehead atoms. The quantitative estimate of drug-likeness (QED) is 0.261. The fourth-order valence-electron chi connectivity index (χ4n) is 4.55. The molecule has 6 heteroatoms. The molecule has 0 amide bonds. The smallest absolute Gasteiger partial charge is 0.253 e. The lowest BCUT2D eigenvalue weighted by Crippen LogP contribution is -2.17. The number of nitrogens with one attached hydrogen (secondary N) is 1. The molecule has 0 aliphatic heterocycles. The molecule has 37 heavy (non-hydrogen) atoms. The van der Waals surface area contributed by atoms with Gasteiger partial charge < -0.3 is 4.98 Å². The third kappa shape index (κ3) is 4.41. The summed E-state index contributed by atoms with van der Waals surface area (Å²) in [5.74, 6) is -0.117. The second-order valence-corrected chi connectivity index (χ2v) is 9.22. The average molecular weight is 502 g/mol. The van der Waals surface area contributed by atoms with Crippen LogP contribution in [0.4, 0.5) is 0 Å². The van der Waals surface area contributed by atoms with E-state index in [1.807, 2.05) is 78.9 Å². The molecule has 0 aliphatic carbocycles. The van der Waals surface area contributed by atoms with E-state index in [9.17, 15) is 9.59 Å². The molecule has 0 fully saturated rings. The van der Waals surface area contributed by atoms with Gasteiger partial charge in [0.05, 0.1) is 16.2 Å². The summed E-state index contributed by atoms with van der Waals surface area (Å²) in [4.78, 5) is 37.9. The van der Waals surface area contributed by atoms with E-state index in [1.54, 1.807) is 24.4 Å². The van der Waals surface area contributed by atoms with Crippen molar-refractivity contribution in [2.24, 2.45) is 0 Å². The Labute approximate surface area is 217 Å². The van der Waals surface area contributed by atoms with Gasteiger partial charge in [-0.25, -0.2) is 4.98 Å². The van der Waals surface area contributed by atoms with Crippen molar-refractivity contribution in [3.05, 3.63) is 130 Å². The number of hydrogen-bond donors (Lipinski definition) is 1. The minimum Gasteiger partial charge on any atom is -0.306 e. The number of benzene rings is 3. The van der Waals surface area contributed by atoms with Crippen molar-refractivity contribution >= 4 is 39.3 Å². The first-order valence-electron chi connectivity index (χ1n) is 11.8. The number of hydrogen-bond acceptors (Lipinski definition) is 4. The maximum Gasteiger partial charge on any atom is 0.253 e. The normalized spacial score (nSPS) is 11.2. The number of halogens is 1. The second kappa shape index (κ2) is 9.45. The fourth-order valence-corrected chi connectivity index (χ4v) is 4.83. The molecule has 1 N–H and O–H groups in total. The highest BCUT2D eigenvalue weighted by Crippen LogP contribution is 2.36. The first-order chi connectivity index (χ1) is 18.1. The van der Waals surface area contributed by atoms with Gasteiger partial charge in [0.25, 0.3) is 5.56 Å². The topological polar surface area (TPSA) is 75.7 Å². The predicted octanol–water partition coefficient (Wildman–Crippen LogP) is 6.88. The molecular formula is C31H20ClN3O2. The highest BCUT2D eigenvalue weighted by Gasteiger charge is 2.16. The summed E-state index contributed by atoms with van der Waals surface area (Å²) in [6, 6.07) is 30.3. The summed E-state index contributed by atoms with van der Waals surface area (Å²) < 4.78 is 0. The third-order valence-corrected chi connectivity index (χ3v) is 6.66. The van der Waals surface area contributed by atoms with Crippen LogP contribution in [0.1, 0.15) is 15.9 Å². The van der Waals surface area contributed by atoms with Gasteiger partial charge in [-0.2, -0.15) is 0 Å². The van der Waals surface area contributed by atoms with Crippen LogP contribution in [0.25, 0.3) is 44.3 Å². The number of carbonyl (C=O) groups excluding carboxylic acids is 1. The summed E-state index contributed by atoms with van der Waals surface area (Å²) in [6.45, 7) is 0. The van der Waals surface area contributed by atoms with Gasteiger partial charge >= 0.3 is 0 Å². The van der Waals surface area contributed by atoms with Crippen molar-refractivity contribution in [3.63, 3.8) is 0 Å². The van der Waals surface area contributed by atoms with E-state index in [1.165, 1.54) is 0 Å². The average Bonchev–Trinajstić information content (AvgIpc) is 2.94. The Kier molecular flexibility index (Phi) is 5.83. The molecule has 0 spiro atoms. The molecule has 178 valence electrons. The first kappa shape index (κ1) is 22.8. The lowest BCUT2D eigenvalue weighted by Gasteiger charge is -2.13. The summed E-state index contributed by atoms with van der Waals surface area (Å²) >= 11 is 6.62. The van der Waals surface area contributed by atoms with E-state index in [0.29, 0.717) is 21.8 Å². The highest BCUT2D eigenvalue weighted by atomic mass is 35.5. The molecule has 0 saturated heterocycles. The highest BCUT2D eigenvalue weighted by molar-refractivity contribution is 6.35. The predicted molar refractivity (Wildman–Crippen MR) is 148 cm³/mol. The van der Waals surface area contributed by atoms with E-state index >= 15 is 0 Å². The number of Topliss-reactive ketones (excluding diaryl/α,β-unsaturated/α-hetero) is 1. The van der Waals surface area contributed by atoms with Gasteiger partial charge in [0.2, 0.25) is 0 Å². The Bertz CT molecular complexity index is 1850. The van der Waals surface area contributed by atoms with Gasteiger partial charge in [-0.05, 0) is 35.9 Å². The molecule has 6 rings (SSSR count). The minimum absolute atomic E-state index is 0.00146. The van der Waals surface area contributed by atoms with E-state index < -0.39 is 0 Å². The molecular weight excluding hydrogens is 482 g/mol. The fraction of sp³-hybridized carbons (Fsp3) is 0.0323. The van der Waals surface area contributed by atoms with Crippen LogP contribution in [-0.2, 0) is 6.42 Å². The zero-order valence-electron chi connectivity index (χ0n) is 19.6. The van der Waals surface area contributed by atoms with Crippen LogP contribution in [0.3, 0.4) is 0 Å². The van der Waals surface area contributed by atoms with Crippen LogP contribution >= 0.6 is 11.6 Å². The number of aromatic nitrogens is 3. The second-order valence-electron chi connectivity index (χ2n) is 8.81. The number of carbonyl (C=O) groups is 1. The standard InChI is InChI=1S/C31H20ClN3O2/c32-26-17-22(14-21-12-7-13-33-29(21)26)25-16-23-15-24(18-27(36)19-8-3-1-4-9-19)31(37)35-30(23)34-28(25)20-10-5-2-6-11-20/h1-17H,18H2,(H,34,35,37). The van der Waals surface area contributed by atoms with Crippen LogP contribution < -0.4 is 5.56 Å². The molecule has 0 saturated carbocycles. The first-order valence-corrected chi connectivity index (χ1v) is 12.2. The number of pyridine rings is 3. The van der Waals surface area contributed by atoms with Gasteiger partial charge in [0.15, 0.2) is 5.78 Å². The number of fused-ring (bicyclic) bond motifs is 2. The van der Waals surface area contributed by atoms with E-state index in [-0.39, 0.29) is 17.8 Å². The largest absolute Gasteiger partial charge is 0.306 e. The monoisotopic (exact) mass is 501 g/mol. The molecule has 0 aliphatic rings. The Morgan fingerprint density at radius 1 is 0.811 bits per heavy atom. The van der Waals surface area contributed by atoms with Gasteiger partial charge in [-0.15, -0.1) is 0 Å². The lowest BCUT2D eigenvalue weighted by atomic mass is 9.96.